The zero-order chi connectivity index (χ0) is 13.1. The SMILES string of the molecule is Cc1ccc(OCc2cc(C)nn2C)c(CO)c1. The van der Waals surface area contributed by atoms with Crippen LogP contribution in [0.1, 0.15) is 22.5 Å². The average Bonchev–Trinajstić information content (AvgIpc) is 2.66. The Morgan fingerprint density at radius 3 is 2.67 bits per heavy atom. The molecule has 0 aliphatic rings. The zero-order valence-electron chi connectivity index (χ0n) is 11.0. The van der Waals surface area contributed by atoms with E-state index in [1.807, 2.05) is 49.8 Å². The molecule has 1 heterocycles. The van der Waals surface area contributed by atoms with E-state index in [0.717, 1.165) is 28.3 Å². The van der Waals surface area contributed by atoms with E-state index in [9.17, 15) is 5.11 Å². The number of rotatable bonds is 4. The van der Waals surface area contributed by atoms with Crippen molar-refractivity contribution in [2.75, 3.05) is 0 Å². The number of nitrogens with zero attached hydrogens (tertiary/aromatic N) is 2. The lowest BCUT2D eigenvalue weighted by Crippen LogP contribution is -2.04. The van der Waals surface area contributed by atoms with E-state index in [1.54, 1.807) is 0 Å². The van der Waals surface area contributed by atoms with Crippen molar-refractivity contribution < 1.29 is 9.84 Å². The molecule has 1 N–H and O–H groups in total. The summed E-state index contributed by atoms with van der Waals surface area (Å²) >= 11 is 0. The molecule has 2 rings (SSSR count). The lowest BCUT2D eigenvalue weighted by molar-refractivity contribution is 0.255. The molecule has 0 amide bonds. The molecule has 96 valence electrons. The Morgan fingerprint density at radius 1 is 1.28 bits per heavy atom. The van der Waals surface area contributed by atoms with Gasteiger partial charge in [-0.3, -0.25) is 4.68 Å². The summed E-state index contributed by atoms with van der Waals surface area (Å²) in [7, 11) is 1.90. The van der Waals surface area contributed by atoms with E-state index in [4.69, 9.17) is 4.74 Å². The molecule has 1 aromatic heterocycles. The van der Waals surface area contributed by atoms with Crippen LogP contribution in [0.2, 0.25) is 0 Å². The number of aliphatic hydroxyl groups excluding tert-OH is 1. The molecule has 18 heavy (non-hydrogen) atoms. The first kappa shape index (κ1) is 12.6. The third-order valence-corrected chi connectivity index (χ3v) is 2.86. The van der Waals surface area contributed by atoms with Crippen LogP contribution in [0.3, 0.4) is 0 Å². The standard InChI is InChI=1S/C14H18N2O2/c1-10-4-5-14(12(6-10)8-17)18-9-13-7-11(2)15-16(13)3/h4-7,17H,8-9H2,1-3H3. The van der Waals surface area contributed by atoms with Gasteiger partial charge in [0.1, 0.15) is 12.4 Å². The quantitative estimate of drug-likeness (QED) is 0.898. The Bertz CT molecular complexity index is 547. The number of hydrogen-bond acceptors (Lipinski definition) is 3. The molecule has 0 radical (unpaired) electrons. The van der Waals surface area contributed by atoms with Gasteiger partial charge in [0.15, 0.2) is 0 Å². The monoisotopic (exact) mass is 246 g/mol. The average molecular weight is 246 g/mol. The van der Waals surface area contributed by atoms with Gasteiger partial charge in [-0.1, -0.05) is 17.7 Å². The minimum absolute atomic E-state index is 0.0125. The van der Waals surface area contributed by atoms with Gasteiger partial charge in [0.2, 0.25) is 0 Å². The Kier molecular flexibility index (Phi) is 3.67. The molecule has 0 fully saturated rings. The van der Waals surface area contributed by atoms with Crippen molar-refractivity contribution in [3.63, 3.8) is 0 Å². The molecular formula is C14H18N2O2. The summed E-state index contributed by atoms with van der Waals surface area (Å²) in [6, 6.07) is 7.80. The fourth-order valence-electron chi connectivity index (χ4n) is 1.92. The Labute approximate surface area is 107 Å². The van der Waals surface area contributed by atoms with Gasteiger partial charge < -0.3 is 9.84 Å². The first-order valence-electron chi connectivity index (χ1n) is 5.93. The zero-order valence-corrected chi connectivity index (χ0v) is 11.0. The summed E-state index contributed by atoms with van der Waals surface area (Å²) in [6.07, 6.45) is 0. The maximum absolute atomic E-state index is 9.30. The largest absolute Gasteiger partial charge is 0.487 e. The van der Waals surface area contributed by atoms with Gasteiger partial charge >= 0.3 is 0 Å². The van der Waals surface area contributed by atoms with Gasteiger partial charge in [0.05, 0.1) is 18.0 Å². The van der Waals surface area contributed by atoms with Gasteiger partial charge in [0.25, 0.3) is 0 Å². The molecule has 0 aliphatic heterocycles. The highest BCUT2D eigenvalue weighted by molar-refractivity contribution is 5.36. The van der Waals surface area contributed by atoms with Crippen molar-refractivity contribution in [3.05, 3.63) is 46.8 Å². The van der Waals surface area contributed by atoms with E-state index in [-0.39, 0.29) is 6.61 Å². The molecule has 0 aliphatic carbocycles. The number of hydrogen-bond donors (Lipinski definition) is 1. The highest BCUT2D eigenvalue weighted by atomic mass is 16.5. The van der Waals surface area contributed by atoms with Crippen molar-refractivity contribution in [1.29, 1.82) is 0 Å². The molecule has 0 atom stereocenters. The molecule has 0 spiro atoms. The normalized spacial score (nSPS) is 10.7. The van der Waals surface area contributed by atoms with E-state index in [0.29, 0.717) is 6.61 Å². The minimum atomic E-state index is -0.0125. The third-order valence-electron chi connectivity index (χ3n) is 2.86. The number of aromatic nitrogens is 2. The minimum Gasteiger partial charge on any atom is -0.487 e. The summed E-state index contributed by atoms with van der Waals surface area (Å²) in [5.74, 6) is 0.724. The van der Waals surface area contributed by atoms with Gasteiger partial charge in [-0.2, -0.15) is 5.10 Å². The number of aliphatic hydroxyl groups is 1. The number of benzene rings is 1. The van der Waals surface area contributed by atoms with Crippen LogP contribution in [-0.4, -0.2) is 14.9 Å². The fourth-order valence-corrected chi connectivity index (χ4v) is 1.92. The van der Waals surface area contributed by atoms with Crippen molar-refractivity contribution >= 4 is 0 Å². The molecule has 2 aromatic rings. The van der Waals surface area contributed by atoms with E-state index in [1.165, 1.54) is 0 Å². The lowest BCUT2D eigenvalue weighted by Gasteiger charge is -2.10. The lowest BCUT2D eigenvalue weighted by atomic mass is 10.1. The summed E-state index contributed by atoms with van der Waals surface area (Å²) in [6.45, 7) is 4.39. The van der Waals surface area contributed by atoms with Crippen LogP contribution in [0.5, 0.6) is 5.75 Å². The van der Waals surface area contributed by atoms with Crippen LogP contribution in [0, 0.1) is 13.8 Å². The Morgan fingerprint density at radius 2 is 2.06 bits per heavy atom. The molecule has 0 saturated heterocycles. The van der Waals surface area contributed by atoms with Crippen LogP contribution in [0.25, 0.3) is 0 Å². The first-order valence-corrected chi connectivity index (χ1v) is 5.93. The maximum atomic E-state index is 9.30. The topological polar surface area (TPSA) is 47.3 Å². The molecule has 4 heteroatoms. The highest BCUT2D eigenvalue weighted by Gasteiger charge is 2.06. The highest BCUT2D eigenvalue weighted by Crippen LogP contribution is 2.21. The Hall–Kier alpha value is -1.81. The molecule has 4 nitrogen and oxygen atoms in total. The maximum Gasteiger partial charge on any atom is 0.130 e. The second-order valence-electron chi connectivity index (χ2n) is 4.46. The number of aryl methyl sites for hydroxylation is 3. The van der Waals surface area contributed by atoms with E-state index in [2.05, 4.69) is 5.10 Å². The smallest absolute Gasteiger partial charge is 0.130 e. The summed E-state index contributed by atoms with van der Waals surface area (Å²) in [5, 5.41) is 13.6. The Balaban J connectivity index is 2.13. The van der Waals surface area contributed by atoms with Crippen molar-refractivity contribution in [2.24, 2.45) is 7.05 Å². The van der Waals surface area contributed by atoms with Crippen LogP contribution in [0.4, 0.5) is 0 Å². The van der Waals surface area contributed by atoms with Gasteiger partial charge in [-0.15, -0.1) is 0 Å². The predicted molar refractivity (Wildman–Crippen MR) is 69.4 cm³/mol. The van der Waals surface area contributed by atoms with Crippen molar-refractivity contribution in [3.8, 4) is 5.75 Å². The molecular weight excluding hydrogens is 228 g/mol. The fraction of sp³-hybridized carbons (Fsp3) is 0.357. The van der Waals surface area contributed by atoms with Crippen LogP contribution < -0.4 is 4.74 Å². The summed E-state index contributed by atoms with van der Waals surface area (Å²) in [5.41, 5.74) is 3.91. The van der Waals surface area contributed by atoms with Gasteiger partial charge in [-0.05, 0) is 26.0 Å². The van der Waals surface area contributed by atoms with Gasteiger partial charge in [-0.25, -0.2) is 0 Å². The van der Waals surface area contributed by atoms with Crippen LogP contribution >= 0.6 is 0 Å². The van der Waals surface area contributed by atoms with Crippen molar-refractivity contribution in [2.45, 2.75) is 27.1 Å². The van der Waals surface area contributed by atoms with Crippen LogP contribution in [-0.2, 0) is 20.3 Å². The van der Waals surface area contributed by atoms with Gasteiger partial charge in [0, 0.05) is 12.6 Å². The summed E-state index contributed by atoms with van der Waals surface area (Å²) in [4.78, 5) is 0. The predicted octanol–water partition coefficient (Wildman–Crippen LogP) is 2.11. The molecule has 0 unspecified atom stereocenters. The summed E-state index contributed by atoms with van der Waals surface area (Å²) < 4.78 is 7.55. The molecule has 0 saturated carbocycles. The second kappa shape index (κ2) is 5.23. The first-order chi connectivity index (χ1) is 8.60. The van der Waals surface area contributed by atoms with E-state index < -0.39 is 0 Å². The number of ether oxygens (including phenoxy) is 1. The van der Waals surface area contributed by atoms with E-state index >= 15 is 0 Å². The third kappa shape index (κ3) is 2.71. The molecule has 1 aromatic carbocycles. The molecule has 0 bridgehead atoms. The van der Waals surface area contributed by atoms with Crippen molar-refractivity contribution in [1.82, 2.24) is 9.78 Å². The van der Waals surface area contributed by atoms with Crippen LogP contribution in [0.15, 0.2) is 24.3 Å². The second-order valence-corrected chi connectivity index (χ2v) is 4.46.